The highest BCUT2D eigenvalue weighted by atomic mass is 127. The zero-order valence-corrected chi connectivity index (χ0v) is 20.1. The summed E-state index contributed by atoms with van der Waals surface area (Å²) in [5.41, 5.74) is 0. The van der Waals surface area contributed by atoms with E-state index in [0.717, 1.165) is 65.0 Å². The Hall–Kier alpha value is -0.120. The van der Waals surface area contributed by atoms with Crippen LogP contribution in [-0.4, -0.2) is 86.9 Å². The number of nitrogens with zero attached hydrogens (tertiary/aromatic N) is 3. The fraction of sp³-hybridized carbons (Fsp3) is 0.947. The van der Waals surface area contributed by atoms with Gasteiger partial charge in [0.1, 0.15) is 0 Å². The predicted octanol–water partition coefficient (Wildman–Crippen LogP) is 2.25. The Morgan fingerprint density at radius 3 is 2.27 bits per heavy atom. The maximum Gasteiger partial charge on any atom is 0.191 e. The van der Waals surface area contributed by atoms with Crippen LogP contribution in [0.15, 0.2) is 4.99 Å². The van der Waals surface area contributed by atoms with Gasteiger partial charge >= 0.3 is 0 Å². The van der Waals surface area contributed by atoms with Crippen molar-refractivity contribution in [2.45, 2.75) is 53.6 Å². The van der Waals surface area contributed by atoms with Gasteiger partial charge in [-0.2, -0.15) is 0 Å². The van der Waals surface area contributed by atoms with E-state index in [0.29, 0.717) is 18.0 Å². The fourth-order valence-electron chi connectivity index (χ4n) is 3.28. The molecule has 1 atom stereocenters. The third-order valence-electron chi connectivity index (χ3n) is 4.89. The van der Waals surface area contributed by atoms with Crippen molar-refractivity contribution in [2.75, 3.05) is 59.0 Å². The minimum absolute atomic E-state index is 0. The Balaban J connectivity index is 0.00000625. The van der Waals surface area contributed by atoms with E-state index in [4.69, 9.17) is 9.73 Å². The van der Waals surface area contributed by atoms with Crippen LogP contribution in [0.3, 0.4) is 0 Å². The molecule has 0 spiro atoms. The number of guanidine groups is 1. The number of hydrogen-bond acceptors (Lipinski definition) is 4. The first-order chi connectivity index (χ1) is 12.0. The van der Waals surface area contributed by atoms with Crippen LogP contribution in [0.1, 0.15) is 41.5 Å². The molecular formula is C19H42IN5O. The second kappa shape index (κ2) is 14.9. The molecule has 0 aliphatic carbocycles. The number of rotatable bonds is 10. The molecule has 2 N–H and O–H groups in total. The van der Waals surface area contributed by atoms with Crippen LogP contribution in [0.25, 0.3) is 0 Å². The molecule has 0 saturated carbocycles. The molecule has 6 nitrogen and oxygen atoms in total. The topological polar surface area (TPSA) is 52.1 Å². The molecule has 0 bridgehead atoms. The van der Waals surface area contributed by atoms with Crippen LogP contribution in [0.5, 0.6) is 0 Å². The summed E-state index contributed by atoms with van der Waals surface area (Å²) in [6.45, 7) is 21.9. The molecule has 26 heavy (non-hydrogen) atoms. The van der Waals surface area contributed by atoms with Crippen molar-refractivity contribution in [1.82, 2.24) is 20.4 Å². The number of aliphatic imine (C=N–C) groups is 1. The Kier molecular flexibility index (Phi) is 14.8. The summed E-state index contributed by atoms with van der Waals surface area (Å²) in [5, 5.41) is 6.87. The Bertz CT molecular complexity index is 373. The summed E-state index contributed by atoms with van der Waals surface area (Å²) in [5.74, 6) is 1.52. The first-order valence-corrected chi connectivity index (χ1v) is 10.1. The molecule has 1 heterocycles. The van der Waals surface area contributed by atoms with E-state index in [1.165, 1.54) is 0 Å². The van der Waals surface area contributed by atoms with Crippen molar-refractivity contribution in [2.24, 2.45) is 10.9 Å². The van der Waals surface area contributed by atoms with Gasteiger partial charge in [0.25, 0.3) is 0 Å². The normalized spacial score (nSPS) is 17.5. The predicted molar refractivity (Wildman–Crippen MR) is 123 cm³/mol. The Morgan fingerprint density at radius 2 is 1.77 bits per heavy atom. The summed E-state index contributed by atoms with van der Waals surface area (Å²) in [4.78, 5) is 9.86. The number of hydrogen-bond donors (Lipinski definition) is 2. The van der Waals surface area contributed by atoms with Crippen molar-refractivity contribution in [3.8, 4) is 0 Å². The first-order valence-electron chi connectivity index (χ1n) is 10.1. The minimum Gasteiger partial charge on any atom is -0.379 e. The van der Waals surface area contributed by atoms with E-state index in [1.807, 2.05) is 0 Å². The molecule has 0 amide bonds. The van der Waals surface area contributed by atoms with E-state index in [1.54, 1.807) is 0 Å². The second-order valence-corrected chi connectivity index (χ2v) is 7.33. The molecular weight excluding hydrogens is 441 g/mol. The highest BCUT2D eigenvalue weighted by molar-refractivity contribution is 14.0. The molecule has 1 saturated heterocycles. The van der Waals surface area contributed by atoms with Gasteiger partial charge in [0, 0.05) is 44.8 Å². The van der Waals surface area contributed by atoms with Gasteiger partial charge in [-0.1, -0.05) is 20.8 Å². The summed E-state index contributed by atoms with van der Waals surface area (Å²) < 4.78 is 5.49. The van der Waals surface area contributed by atoms with E-state index in [9.17, 15) is 0 Å². The van der Waals surface area contributed by atoms with E-state index in [2.05, 4.69) is 62.0 Å². The van der Waals surface area contributed by atoms with Crippen molar-refractivity contribution in [1.29, 1.82) is 0 Å². The molecule has 0 radical (unpaired) electrons. The lowest BCUT2D eigenvalue weighted by molar-refractivity contribution is 0.00867. The van der Waals surface area contributed by atoms with Crippen LogP contribution in [0.2, 0.25) is 0 Å². The van der Waals surface area contributed by atoms with E-state index in [-0.39, 0.29) is 24.0 Å². The molecule has 156 valence electrons. The largest absolute Gasteiger partial charge is 0.379 e. The smallest absolute Gasteiger partial charge is 0.191 e. The molecule has 1 aliphatic rings. The van der Waals surface area contributed by atoms with Crippen LogP contribution in [-0.2, 0) is 4.74 Å². The molecule has 0 aromatic heterocycles. The molecule has 1 fully saturated rings. The molecule has 0 aromatic rings. The molecule has 1 aliphatic heterocycles. The van der Waals surface area contributed by atoms with Gasteiger partial charge in [-0.05, 0) is 33.2 Å². The number of ether oxygens (including phenoxy) is 1. The summed E-state index contributed by atoms with van der Waals surface area (Å²) in [7, 11) is 0. The fourth-order valence-corrected chi connectivity index (χ4v) is 3.28. The molecule has 1 unspecified atom stereocenters. The van der Waals surface area contributed by atoms with Gasteiger partial charge in [0.15, 0.2) is 5.96 Å². The first kappa shape index (κ1) is 25.9. The lowest BCUT2D eigenvalue weighted by atomic mass is 10.0. The number of likely N-dealkylation sites (N-methyl/N-ethyl adjacent to an activating group) is 1. The number of morpholine rings is 1. The van der Waals surface area contributed by atoms with Gasteiger partial charge in [0.05, 0.1) is 19.8 Å². The van der Waals surface area contributed by atoms with Crippen molar-refractivity contribution < 1.29 is 4.74 Å². The maximum atomic E-state index is 5.49. The molecule has 1 rings (SSSR count). The average molecular weight is 483 g/mol. The Labute approximate surface area is 178 Å². The van der Waals surface area contributed by atoms with Gasteiger partial charge in [-0.25, -0.2) is 0 Å². The van der Waals surface area contributed by atoms with Crippen molar-refractivity contribution >= 4 is 29.9 Å². The third kappa shape index (κ3) is 9.71. The average Bonchev–Trinajstić information content (AvgIpc) is 2.59. The monoisotopic (exact) mass is 483 g/mol. The highest BCUT2D eigenvalue weighted by Gasteiger charge is 2.23. The van der Waals surface area contributed by atoms with Crippen LogP contribution in [0, 0.1) is 5.92 Å². The third-order valence-corrected chi connectivity index (χ3v) is 4.89. The van der Waals surface area contributed by atoms with Crippen LogP contribution < -0.4 is 10.6 Å². The van der Waals surface area contributed by atoms with Gasteiger partial charge in [-0.15, -0.1) is 24.0 Å². The summed E-state index contributed by atoms with van der Waals surface area (Å²) in [6.07, 6.45) is 0. The standard InChI is InChI=1S/C19H41N5O.HI/c1-7-20-19(21-9-10-23(8-2)17(5)6)22-15-18(16(3)4)24-11-13-25-14-12-24;/h16-18H,7-15H2,1-6H3,(H2,20,21,22);1H. The van der Waals surface area contributed by atoms with E-state index < -0.39 is 0 Å². The van der Waals surface area contributed by atoms with Gasteiger partial charge in [0.2, 0.25) is 0 Å². The summed E-state index contributed by atoms with van der Waals surface area (Å²) >= 11 is 0. The minimum atomic E-state index is 0. The van der Waals surface area contributed by atoms with Crippen molar-refractivity contribution in [3.63, 3.8) is 0 Å². The zero-order chi connectivity index (χ0) is 18.7. The van der Waals surface area contributed by atoms with Gasteiger partial charge in [-0.3, -0.25) is 14.8 Å². The van der Waals surface area contributed by atoms with Crippen LogP contribution >= 0.6 is 24.0 Å². The Morgan fingerprint density at radius 1 is 1.12 bits per heavy atom. The highest BCUT2D eigenvalue weighted by Crippen LogP contribution is 2.13. The van der Waals surface area contributed by atoms with Gasteiger partial charge < -0.3 is 15.4 Å². The number of nitrogens with one attached hydrogen (secondary N) is 2. The van der Waals surface area contributed by atoms with Crippen molar-refractivity contribution in [3.05, 3.63) is 0 Å². The van der Waals surface area contributed by atoms with E-state index >= 15 is 0 Å². The lowest BCUT2D eigenvalue weighted by Gasteiger charge is -2.36. The second-order valence-electron chi connectivity index (χ2n) is 7.33. The SMILES string of the molecule is CCNC(=NCC(C(C)C)N1CCOCC1)NCCN(CC)C(C)C.I. The lowest BCUT2D eigenvalue weighted by Crippen LogP contribution is -2.48. The number of halogens is 1. The molecule has 7 heteroatoms. The summed E-state index contributed by atoms with van der Waals surface area (Å²) in [6, 6.07) is 1.06. The maximum absolute atomic E-state index is 5.49. The zero-order valence-electron chi connectivity index (χ0n) is 17.8. The van der Waals surface area contributed by atoms with Crippen LogP contribution in [0.4, 0.5) is 0 Å². The quantitative estimate of drug-likeness (QED) is 0.284. The molecule has 0 aromatic carbocycles.